The minimum absolute atomic E-state index is 0.0111. The Kier molecular flexibility index (Phi) is 8.82. The SMILES string of the molecule is CCOc1cnc(NC(=O)N(C)[C@H]2CN(c3nccc(OC(=O)NC4CC5COCC(C4)N5C)n3)CCC2(F)F)cn1. The number of piperidine rings is 2. The third-order valence-corrected chi connectivity index (χ3v) is 7.84. The van der Waals surface area contributed by atoms with E-state index in [9.17, 15) is 9.59 Å². The number of fused-ring (bicyclic) bond motifs is 2. The highest BCUT2D eigenvalue weighted by Crippen LogP contribution is 2.33. The Morgan fingerprint density at radius 1 is 1.17 bits per heavy atom. The fraction of sp³-hybridized carbons (Fsp3) is 0.615. The summed E-state index contributed by atoms with van der Waals surface area (Å²) in [6, 6.07) is -0.450. The minimum atomic E-state index is -3.17. The number of amides is 3. The number of alkyl halides is 2. The molecule has 2 aromatic rings. The van der Waals surface area contributed by atoms with Gasteiger partial charge in [-0.25, -0.2) is 33.3 Å². The van der Waals surface area contributed by atoms with Crippen LogP contribution in [0.2, 0.25) is 0 Å². The lowest BCUT2D eigenvalue weighted by atomic mass is 9.91. The Morgan fingerprint density at radius 3 is 2.62 bits per heavy atom. The molecular weight excluding hydrogens is 556 g/mol. The predicted molar refractivity (Wildman–Crippen MR) is 146 cm³/mol. The van der Waals surface area contributed by atoms with Crippen molar-refractivity contribution in [1.29, 1.82) is 0 Å². The number of hydrogen-bond acceptors (Lipinski definition) is 11. The molecule has 2 unspecified atom stereocenters. The molecule has 3 aliphatic rings. The van der Waals surface area contributed by atoms with Crippen LogP contribution < -0.4 is 25.0 Å². The number of halogens is 2. The van der Waals surface area contributed by atoms with E-state index in [0.717, 1.165) is 17.7 Å². The lowest BCUT2D eigenvalue weighted by Crippen LogP contribution is -2.60. The second-order valence-corrected chi connectivity index (χ2v) is 10.6. The molecule has 3 saturated heterocycles. The van der Waals surface area contributed by atoms with Crippen molar-refractivity contribution in [1.82, 2.24) is 35.1 Å². The number of rotatable bonds is 7. The molecule has 5 rings (SSSR count). The van der Waals surface area contributed by atoms with Crippen molar-refractivity contribution in [3.05, 3.63) is 24.7 Å². The van der Waals surface area contributed by atoms with Crippen LogP contribution in [0.3, 0.4) is 0 Å². The smallest absolute Gasteiger partial charge is 0.414 e. The van der Waals surface area contributed by atoms with Crippen LogP contribution in [0.1, 0.15) is 26.2 Å². The largest absolute Gasteiger partial charge is 0.477 e. The Hall–Kier alpha value is -3.92. The van der Waals surface area contributed by atoms with Crippen LogP contribution in [0.5, 0.6) is 11.8 Å². The molecule has 0 saturated carbocycles. The zero-order valence-corrected chi connectivity index (χ0v) is 23.7. The van der Waals surface area contributed by atoms with E-state index in [-0.39, 0.29) is 54.7 Å². The van der Waals surface area contributed by atoms with Gasteiger partial charge < -0.3 is 29.3 Å². The van der Waals surface area contributed by atoms with Gasteiger partial charge in [-0.2, -0.15) is 4.98 Å². The van der Waals surface area contributed by atoms with E-state index in [0.29, 0.717) is 19.8 Å². The molecule has 2 bridgehead atoms. The Balaban J connectivity index is 1.19. The van der Waals surface area contributed by atoms with Crippen molar-refractivity contribution in [3.8, 4) is 11.8 Å². The monoisotopic (exact) mass is 591 g/mol. The van der Waals surface area contributed by atoms with Gasteiger partial charge in [-0.3, -0.25) is 10.2 Å². The van der Waals surface area contributed by atoms with Crippen LogP contribution in [-0.4, -0.2) is 119 Å². The highest BCUT2D eigenvalue weighted by Gasteiger charge is 2.48. The molecule has 3 atom stereocenters. The third kappa shape index (κ3) is 6.75. The van der Waals surface area contributed by atoms with E-state index in [1.54, 1.807) is 6.92 Å². The van der Waals surface area contributed by atoms with Crippen LogP contribution in [-0.2, 0) is 4.74 Å². The molecule has 5 heterocycles. The van der Waals surface area contributed by atoms with E-state index < -0.39 is 30.5 Å². The minimum Gasteiger partial charge on any atom is -0.477 e. The van der Waals surface area contributed by atoms with Crippen LogP contribution in [0, 0.1) is 0 Å². The summed E-state index contributed by atoms with van der Waals surface area (Å²) in [6.45, 7) is 3.14. The highest BCUT2D eigenvalue weighted by atomic mass is 19.3. The number of nitrogens with one attached hydrogen (secondary N) is 2. The molecule has 0 radical (unpaired) electrons. The number of morpholine rings is 1. The summed E-state index contributed by atoms with van der Waals surface area (Å²) in [7, 11) is 3.35. The van der Waals surface area contributed by atoms with Crippen LogP contribution >= 0.6 is 0 Å². The average Bonchev–Trinajstić information content (AvgIpc) is 2.94. The molecule has 0 spiro atoms. The first-order valence-electron chi connectivity index (χ1n) is 13.9. The van der Waals surface area contributed by atoms with E-state index in [4.69, 9.17) is 14.2 Å². The van der Waals surface area contributed by atoms with Gasteiger partial charge in [0.05, 0.1) is 32.2 Å². The maximum atomic E-state index is 15.0. The molecular formula is C26H35F2N9O5. The zero-order chi connectivity index (χ0) is 29.9. The van der Waals surface area contributed by atoms with Gasteiger partial charge in [0, 0.05) is 56.9 Å². The number of carbonyl (C=O) groups is 2. The Bertz CT molecular complexity index is 1240. The molecule has 14 nitrogen and oxygen atoms in total. The average molecular weight is 592 g/mol. The number of urea groups is 1. The number of anilines is 2. The zero-order valence-electron chi connectivity index (χ0n) is 23.7. The highest BCUT2D eigenvalue weighted by molar-refractivity contribution is 5.88. The van der Waals surface area contributed by atoms with Crippen LogP contribution in [0.15, 0.2) is 24.7 Å². The number of hydrogen-bond donors (Lipinski definition) is 2. The van der Waals surface area contributed by atoms with Crippen molar-refractivity contribution >= 4 is 23.9 Å². The Labute approximate surface area is 241 Å². The lowest BCUT2D eigenvalue weighted by molar-refractivity contribution is -0.0760. The Morgan fingerprint density at radius 2 is 1.93 bits per heavy atom. The summed E-state index contributed by atoms with van der Waals surface area (Å²) < 4.78 is 46.3. The molecule has 2 N–H and O–H groups in total. The van der Waals surface area contributed by atoms with Gasteiger partial charge in [0.1, 0.15) is 6.04 Å². The van der Waals surface area contributed by atoms with Gasteiger partial charge >= 0.3 is 12.1 Å². The van der Waals surface area contributed by atoms with Gasteiger partial charge in [0.25, 0.3) is 5.92 Å². The van der Waals surface area contributed by atoms with E-state index in [2.05, 4.69) is 42.5 Å². The predicted octanol–water partition coefficient (Wildman–Crippen LogP) is 1.99. The van der Waals surface area contributed by atoms with Gasteiger partial charge in [0.2, 0.25) is 17.7 Å². The summed E-state index contributed by atoms with van der Waals surface area (Å²) in [5.74, 6) is -2.70. The third-order valence-electron chi connectivity index (χ3n) is 7.84. The second-order valence-electron chi connectivity index (χ2n) is 10.6. The van der Waals surface area contributed by atoms with Crippen molar-refractivity contribution in [2.75, 3.05) is 57.2 Å². The topological polar surface area (TPSA) is 147 Å². The maximum Gasteiger partial charge on any atom is 0.414 e. The fourth-order valence-electron chi connectivity index (χ4n) is 5.46. The van der Waals surface area contributed by atoms with Crippen molar-refractivity contribution < 1.29 is 32.6 Å². The second kappa shape index (κ2) is 12.5. The number of likely N-dealkylation sites (N-methyl/N-ethyl adjacent to an activating group) is 2. The number of carbonyl (C=O) groups excluding carboxylic acids is 2. The molecule has 2 aromatic heterocycles. The number of ether oxygens (including phenoxy) is 3. The first-order chi connectivity index (χ1) is 20.1. The van der Waals surface area contributed by atoms with Crippen molar-refractivity contribution in [3.63, 3.8) is 0 Å². The van der Waals surface area contributed by atoms with Gasteiger partial charge in [-0.1, -0.05) is 0 Å². The van der Waals surface area contributed by atoms with Crippen molar-refractivity contribution in [2.45, 2.75) is 56.3 Å². The number of aromatic nitrogens is 4. The molecule has 0 aromatic carbocycles. The van der Waals surface area contributed by atoms with Gasteiger partial charge in [-0.15, -0.1) is 0 Å². The maximum absolute atomic E-state index is 15.0. The van der Waals surface area contributed by atoms with E-state index >= 15 is 8.78 Å². The fourth-order valence-corrected chi connectivity index (χ4v) is 5.46. The van der Waals surface area contributed by atoms with Gasteiger partial charge in [-0.05, 0) is 26.8 Å². The van der Waals surface area contributed by atoms with Gasteiger partial charge in [0.15, 0.2) is 5.82 Å². The quantitative estimate of drug-likeness (QED) is 0.487. The summed E-state index contributed by atoms with van der Waals surface area (Å²) >= 11 is 0. The van der Waals surface area contributed by atoms with Crippen molar-refractivity contribution in [2.24, 2.45) is 0 Å². The first-order valence-corrected chi connectivity index (χ1v) is 13.9. The standard InChI is InChI=1S/C26H35F2N9O5/c1-4-41-22-12-30-20(11-31-22)33-24(38)36(3)19-13-37(8-6-26(19,27)28)23-29-7-5-21(34-23)42-25(39)32-16-9-17-14-40-15-18(10-16)35(17)2/h5,7,11-12,16-19H,4,6,8-10,13-15H2,1-3H3,(H,32,39)(H,30,33,38)/t16?,17?,18?,19-/m0/s1. The summed E-state index contributed by atoms with van der Waals surface area (Å²) in [5.41, 5.74) is 0. The van der Waals surface area contributed by atoms with E-state index in [1.807, 2.05) is 0 Å². The molecule has 228 valence electrons. The summed E-state index contributed by atoms with van der Waals surface area (Å²) in [6.07, 6.45) is 4.31. The molecule has 42 heavy (non-hydrogen) atoms. The summed E-state index contributed by atoms with van der Waals surface area (Å²) in [4.78, 5) is 46.8. The van der Waals surface area contributed by atoms with Crippen LogP contribution in [0.4, 0.5) is 30.1 Å². The molecule has 3 aliphatic heterocycles. The normalized spacial score (nSPS) is 25.3. The molecule has 0 aliphatic carbocycles. The first kappa shape index (κ1) is 29.6. The lowest BCUT2D eigenvalue weighted by Gasteiger charge is -2.46. The van der Waals surface area contributed by atoms with E-state index in [1.165, 1.54) is 36.6 Å². The van der Waals surface area contributed by atoms with Crippen LogP contribution in [0.25, 0.3) is 0 Å². The molecule has 3 fully saturated rings. The molecule has 3 amide bonds. The summed E-state index contributed by atoms with van der Waals surface area (Å²) in [5, 5.41) is 5.39. The number of nitrogens with zero attached hydrogens (tertiary/aromatic N) is 7. The molecule has 16 heteroatoms.